The highest BCUT2D eigenvalue weighted by molar-refractivity contribution is 8.18. The summed E-state index contributed by atoms with van der Waals surface area (Å²) in [5, 5.41) is 4.07. The Morgan fingerprint density at radius 1 is 1.30 bits per heavy atom. The molecule has 1 saturated heterocycles. The number of Topliss-reactive ketones (excluding diaryl/α,β-unsaturated/α-hetero) is 1. The average Bonchev–Trinajstić information content (AvgIpc) is 2.67. The summed E-state index contributed by atoms with van der Waals surface area (Å²) in [6, 6.07) is 6.43. The SMILES string of the molecule is CC(=O)c1cccc(NC(=O)/C=C2\SC(=O)NC2=O)c1. The summed E-state index contributed by atoms with van der Waals surface area (Å²) in [5.41, 5.74) is 0.910. The Kier molecular flexibility index (Phi) is 3.99. The van der Waals surface area contributed by atoms with Crippen LogP contribution in [0.4, 0.5) is 10.5 Å². The van der Waals surface area contributed by atoms with E-state index in [1.165, 1.54) is 13.0 Å². The molecule has 6 nitrogen and oxygen atoms in total. The number of nitrogens with one attached hydrogen (secondary N) is 2. The zero-order chi connectivity index (χ0) is 14.7. The summed E-state index contributed by atoms with van der Waals surface area (Å²) >= 11 is 0.667. The molecule has 0 atom stereocenters. The molecule has 1 aliphatic rings. The quantitative estimate of drug-likeness (QED) is 0.653. The lowest BCUT2D eigenvalue weighted by atomic mass is 10.1. The van der Waals surface area contributed by atoms with Gasteiger partial charge in [0.25, 0.3) is 11.1 Å². The minimum absolute atomic E-state index is 0.0372. The number of ketones is 1. The van der Waals surface area contributed by atoms with E-state index in [0.29, 0.717) is 23.0 Å². The molecule has 1 aromatic carbocycles. The molecule has 0 aliphatic carbocycles. The zero-order valence-corrected chi connectivity index (χ0v) is 11.2. The molecule has 0 aromatic heterocycles. The van der Waals surface area contributed by atoms with E-state index in [1.807, 2.05) is 0 Å². The Balaban J connectivity index is 2.10. The number of imide groups is 1. The van der Waals surface area contributed by atoms with Crippen LogP contribution in [0.2, 0.25) is 0 Å². The van der Waals surface area contributed by atoms with Gasteiger partial charge in [-0.2, -0.15) is 0 Å². The van der Waals surface area contributed by atoms with Crippen molar-refractivity contribution in [3.8, 4) is 0 Å². The minimum Gasteiger partial charge on any atom is -0.322 e. The number of carbonyl (C=O) groups excluding carboxylic acids is 4. The van der Waals surface area contributed by atoms with Gasteiger partial charge >= 0.3 is 0 Å². The summed E-state index contributed by atoms with van der Waals surface area (Å²) in [6.07, 6.45) is 1.05. The highest BCUT2D eigenvalue weighted by atomic mass is 32.2. The first kappa shape index (κ1) is 14.0. The van der Waals surface area contributed by atoms with Crippen LogP contribution in [0, 0.1) is 0 Å². The lowest BCUT2D eigenvalue weighted by Crippen LogP contribution is -2.18. The number of anilines is 1. The first-order chi connectivity index (χ1) is 9.45. The molecule has 2 N–H and O–H groups in total. The Labute approximate surface area is 118 Å². The molecule has 0 bridgehead atoms. The van der Waals surface area contributed by atoms with Crippen molar-refractivity contribution in [3.63, 3.8) is 0 Å². The fourth-order valence-electron chi connectivity index (χ4n) is 1.53. The third kappa shape index (κ3) is 3.33. The largest absolute Gasteiger partial charge is 0.322 e. The van der Waals surface area contributed by atoms with Gasteiger partial charge in [0, 0.05) is 17.3 Å². The third-order valence-corrected chi connectivity index (χ3v) is 3.25. The van der Waals surface area contributed by atoms with Gasteiger partial charge in [-0.3, -0.25) is 24.5 Å². The fourth-order valence-corrected chi connectivity index (χ4v) is 2.19. The van der Waals surface area contributed by atoms with Crippen LogP contribution in [0.15, 0.2) is 35.2 Å². The van der Waals surface area contributed by atoms with Crippen molar-refractivity contribution in [2.24, 2.45) is 0 Å². The van der Waals surface area contributed by atoms with Gasteiger partial charge in [-0.25, -0.2) is 0 Å². The minimum atomic E-state index is -0.590. The maximum atomic E-state index is 11.7. The van der Waals surface area contributed by atoms with Crippen LogP contribution in [-0.4, -0.2) is 22.8 Å². The number of rotatable bonds is 3. The van der Waals surface area contributed by atoms with Crippen LogP contribution < -0.4 is 10.6 Å². The molecule has 1 fully saturated rings. The Morgan fingerprint density at radius 2 is 2.05 bits per heavy atom. The van der Waals surface area contributed by atoms with Gasteiger partial charge < -0.3 is 5.32 Å². The van der Waals surface area contributed by atoms with Crippen LogP contribution in [-0.2, 0) is 9.59 Å². The topological polar surface area (TPSA) is 92.3 Å². The second-order valence-electron chi connectivity index (χ2n) is 3.98. The molecular weight excluding hydrogens is 280 g/mol. The van der Waals surface area contributed by atoms with Crippen LogP contribution in [0.25, 0.3) is 0 Å². The lowest BCUT2D eigenvalue weighted by Gasteiger charge is -2.03. The molecule has 20 heavy (non-hydrogen) atoms. The summed E-state index contributed by atoms with van der Waals surface area (Å²) in [7, 11) is 0. The Hall–Kier alpha value is -2.41. The zero-order valence-electron chi connectivity index (χ0n) is 10.4. The molecule has 7 heteroatoms. The summed E-state index contributed by atoms with van der Waals surface area (Å²) in [5.74, 6) is -1.25. The van der Waals surface area contributed by atoms with Crippen molar-refractivity contribution in [2.75, 3.05) is 5.32 Å². The van der Waals surface area contributed by atoms with Crippen molar-refractivity contribution < 1.29 is 19.2 Å². The van der Waals surface area contributed by atoms with E-state index in [4.69, 9.17) is 0 Å². The predicted octanol–water partition coefficient (Wildman–Crippen LogP) is 1.69. The number of amides is 3. The van der Waals surface area contributed by atoms with Gasteiger partial charge in [0.05, 0.1) is 4.91 Å². The number of carbonyl (C=O) groups is 4. The van der Waals surface area contributed by atoms with E-state index in [2.05, 4.69) is 10.6 Å². The number of hydrogen-bond donors (Lipinski definition) is 2. The van der Waals surface area contributed by atoms with Crippen molar-refractivity contribution in [1.82, 2.24) is 5.32 Å². The monoisotopic (exact) mass is 290 g/mol. The molecule has 0 spiro atoms. The van der Waals surface area contributed by atoms with E-state index in [9.17, 15) is 19.2 Å². The number of hydrogen-bond acceptors (Lipinski definition) is 5. The van der Waals surface area contributed by atoms with Gasteiger partial charge in [-0.15, -0.1) is 0 Å². The van der Waals surface area contributed by atoms with Crippen molar-refractivity contribution in [2.45, 2.75) is 6.92 Å². The maximum absolute atomic E-state index is 11.7. The number of thioether (sulfide) groups is 1. The van der Waals surface area contributed by atoms with Gasteiger partial charge in [0.1, 0.15) is 0 Å². The molecule has 1 aliphatic heterocycles. The standard InChI is InChI=1S/C13H10N2O4S/c1-7(16)8-3-2-4-9(5-8)14-11(17)6-10-12(18)15-13(19)20-10/h2-6H,1H3,(H,14,17)(H,15,18,19)/b10-6-. The maximum Gasteiger partial charge on any atom is 0.290 e. The van der Waals surface area contributed by atoms with E-state index in [-0.39, 0.29) is 10.7 Å². The number of benzene rings is 1. The normalized spacial score (nSPS) is 16.1. The summed E-state index contributed by atoms with van der Waals surface area (Å²) in [4.78, 5) is 45.2. The molecule has 102 valence electrons. The average molecular weight is 290 g/mol. The molecule has 1 heterocycles. The van der Waals surface area contributed by atoms with Crippen molar-refractivity contribution in [1.29, 1.82) is 0 Å². The van der Waals surface area contributed by atoms with Gasteiger partial charge in [-0.1, -0.05) is 12.1 Å². The Bertz CT molecular complexity index is 652. The molecule has 1 aromatic rings. The smallest absolute Gasteiger partial charge is 0.290 e. The Morgan fingerprint density at radius 3 is 2.65 bits per heavy atom. The van der Waals surface area contributed by atoms with Crippen LogP contribution in [0.5, 0.6) is 0 Å². The molecule has 0 unspecified atom stereocenters. The highest BCUT2D eigenvalue weighted by Gasteiger charge is 2.25. The second-order valence-corrected chi connectivity index (χ2v) is 4.99. The van der Waals surface area contributed by atoms with Gasteiger partial charge in [-0.05, 0) is 30.8 Å². The van der Waals surface area contributed by atoms with Crippen molar-refractivity contribution in [3.05, 3.63) is 40.8 Å². The molecule has 3 amide bonds. The predicted molar refractivity (Wildman–Crippen MR) is 74.3 cm³/mol. The first-order valence-electron chi connectivity index (χ1n) is 5.62. The van der Waals surface area contributed by atoms with E-state index in [1.54, 1.807) is 18.2 Å². The summed E-state index contributed by atoms with van der Waals surface area (Å²) < 4.78 is 0. The van der Waals surface area contributed by atoms with Crippen LogP contribution >= 0.6 is 11.8 Å². The van der Waals surface area contributed by atoms with Crippen LogP contribution in [0.3, 0.4) is 0 Å². The molecular formula is C13H10N2O4S. The first-order valence-corrected chi connectivity index (χ1v) is 6.44. The van der Waals surface area contributed by atoms with Gasteiger partial charge in [0.15, 0.2) is 5.78 Å². The van der Waals surface area contributed by atoms with Gasteiger partial charge in [0.2, 0.25) is 5.91 Å². The molecule has 0 saturated carbocycles. The second kappa shape index (κ2) is 5.70. The van der Waals surface area contributed by atoms with E-state index < -0.39 is 17.1 Å². The van der Waals surface area contributed by atoms with Crippen molar-refractivity contribution >= 4 is 40.3 Å². The highest BCUT2D eigenvalue weighted by Crippen LogP contribution is 2.22. The van der Waals surface area contributed by atoms with Crippen LogP contribution in [0.1, 0.15) is 17.3 Å². The summed E-state index contributed by atoms with van der Waals surface area (Å²) in [6.45, 7) is 1.42. The van der Waals surface area contributed by atoms with E-state index in [0.717, 1.165) is 6.08 Å². The lowest BCUT2D eigenvalue weighted by molar-refractivity contribution is -0.116. The fraction of sp³-hybridized carbons (Fsp3) is 0.0769. The molecule has 0 radical (unpaired) electrons. The third-order valence-electron chi connectivity index (χ3n) is 2.44. The molecule has 2 rings (SSSR count). The van der Waals surface area contributed by atoms with E-state index >= 15 is 0 Å².